The number of anilines is 1. The summed E-state index contributed by atoms with van der Waals surface area (Å²) in [5.41, 5.74) is 2.82. The Morgan fingerprint density at radius 1 is 1.39 bits per heavy atom. The smallest absolute Gasteiger partial charge is 0.420 e. The van der Waals surface area contributed by atoms with E-state index in [1.165, 1.54) is 10.9 Å². The van der Waals surface area contributed by atoms with Crippen LogP contribution in [0, 0.1) is 6.92 Å². The zero-order chi connectivity index (χ0) is 16.6. The van der Waals surface area contributed by atoms with Crippen molar-refractivity contribution in [1.29, 1.82) is 0 Å². The third kappa shape index (κ3) is 3.13. The van der Waals surface area contributed by atoms with Crippen LogP contribution in [0.15, 0.2) is 23.5 Å². The number of fused-ring (bicyclic) bond motifs is 1. The van der Waals surface area contributed by atoms with Crippen molar-refractivity contribution in [3.8, 4) is 0 Å². The lowest BCUT2D eigenvalue weighted by atomic mass is 10.1. The van der Waals surface area contributed by atoms with Crippen LogP contribution in [0.25, 0.3) is 11.0 Å². The summed E-state index contributed by atoms with van der Waals surface area (Å²) in [7, 11) is 0. The molecule has 7 heteroatoms. The van der Waals surface area contributed by atoms with Gasteiger partial charge in [-0.25, -0.2) is 14.3 Å². The number of nitrogens with zero attached hydrogens (tertiary/aromatic N) is 3. The average molecular weight is 315 g/mol. The molecule has 7 nitrogen and oxygen atoms in total. The first-order valence-electron chi connectivity index (χ1n) is 7.60. The number of ether oxygens (including phenoxy) is 1. The fourth-order valence-electron chi connectivity index (χ4n) is 2.42. The lowest BCUT2D eigenvalue weighted by molar-refractivity contribution is 0.0543. The van der Waals surface area contributed by atoms with Crippen LogP contribution in [0.3, 0.4) is 0 Å². The van der Waals surface area contributed by atoms with Gasteiger partial charge in [0.25, 0.3) is 0 Å². The van der Waals surface area contributed by atoms with E-state index in [0.29, 0.717) is 0 Å². The van der Waals surface area contributed by atoms with Crippen LogP contribution in [-0.4, -0.2) is 40.3 Å². The Morgan fingerprint density at radius 3 is 2.83 bits per heavy atom. The maximum Gasteiger partial charge on any atom is 0.420 e. The van der Waals surface area contributed by atoms with Crippen LogP contribution >= 0.6 is 0 Å². The Balaban J connectivity index is 1.93. The van der Waals surface area contributed by atoms with Gasteiger partial charge in [0.05, 0.1) is 17.6 Å². The summed E-state index contributed by atoms with van der Waals surface area (Å²) in [5.74, 6) is 0.763. The fraction of sp³-hybridized carbons (Fsp3) is 0.438. The van der Waals surface area contributed by atoms with Gasteiger partial charge in [-0.15, -0.1) is 0 Å². The van der Waals surface area contributed by atoms with Crippen molar-refractivity contribution in [1.82, 2.24) is 14.9 Å². The summed E-state index contributed by atoms with van der Waals surface area (Å²) in [5, 5.41) is 6.42. The summed E-state index contributed by atoms with van der Waals surface area (Å²) in [4.78, 5) is 21.0. The molecule has 0 aliphatic carbocycles. The highest BCUT2D eigenvalue weighted by Gasteiger charge is 2.20. The van der Waals surface area contributed by atoms with Crippen molar-refractivity contribution >= 4 is 28.8 Å². The topological polar surface area (TPSA) is 80.5 Å². The molecule has 0 amide bonds. The first-order chi connectivity index (χ1) is 10.8. The molecule has 1 aromatic heterocycles. The number of carbonyl (C=O) groups excluding carboxylic acids is 1. The molecular formula is C16H21N5O2. The van der Waals surface area contributed by atoms with Crippen molar-refractivity contribution in [3.05, 3.63) is 24.0 Å². The molecule has 0 atom stereocenters. The second kappa shape index (κ2) is 5.57. The molecule has 1 aliphatic heterocycles. The fourth-order valence-corrected chi connectivity index (χ4v) is 2.42. The van der Waals surface area contributed by atoms with Gasteiger partial charge < -0.3 is 15.4 Å². The summed E-state index contributed by atoms with van der Waals surface area (Å²) in [6.07, 6.45) is 1.07. The van der Waals surface area contributed by atoms with Gasteiger partial charge in [0, 0.05) is 17.8 Å². The van der Waals surface area contributed by atoms with Crippen LogP contribution in [0.2, 0.25) is 0 Å². The number of hydrogen-bond acceptors (Lipinski definition) is 6. The van der Waals surface area contributed by atoms with Crippen LogP contribution in [0.1, 0.15) is 26.3 Å². The molecule has 0 bridgehead atoms. The van der Waals surface area contributed by atoms with E-state index < -0.39 is 11.7 Å². The van der Waals surface area contributed by atoms with Gasteiger partial charge in [-0.05, 0) is 39.8 Å². The molecule has 0 radical (unpaired) electrons. The molecular weight excluding hydrogens is 294 g/mol. The second-order valence-corrected chi connectivity index (χ2v) is 6.48. The highest BCUT2D eigenvalue weighted by atomic mass is 16.6. The summed E-state index contributed by atoms with van der Waals surface area (Å²) >= 11 is 0. The summed E-state index contributed by atoms with van der Waals surface area (Å²) in [6.45, 7) is 9.10. The molecule has 0 saturated heterocycles. The molecule has 1 aliphatic rings. The Labute approximate surface area is 134 Å². The molecule has 0 fully saturated rings. The van der Waals surface area contributed by atoms with Gasteiger partial charge in [-0.2, -0.15) is 0 Å². The summed E-state index contributed by atoms with van der Waals surface area (Å²) < 4.78 is 6.84. The van der Waals surface area contributed by atoms with Crippen molar-refractivity contribution in [3.63, 3.8) is 0 Å². The van der Waals surface area contributed by atoms with E-state index in [0.717, 1.165) is 41.3 Å². The number of nitrogens with one attached hydrogen (secondary N) is 2. The zero-order valence-electron chi connectivity index (χ0n) is 13.8. The molecule has 0 unspecified atom stereocenters. The van der Waals surface area contributed by atoms with Gasteiger partial charge in [0.1, 0.15) is 11.9 Å². The SMILES string of the molecule is Cc1c(NC2=NCCN2)ccc2c1ncn2C(=O)OC(C)(C)C. The molecule has 2 N–H and O–H groups in total. The van der Waals surface area contributed by atoms with Crippen LogP contribution < -0.4 is 10.6 Å². The normalized spacial score (nSPS) is 14.5. The number of benzene rings is 1. The minimum Gasteiger partial charge on any atom is -0.443 e. The molecule has 2 aromatic rings. The molecule has 23 heavy (non-hydrogen) atoms. The van der Waals surface area contributed by atoms with Crippen molar-refractivity contribution in [2.75, 3.05) is 18.4 Å². The number of rotatable bonds is 1. The molecule has 3 rings (SSSR count). The van der Waals surface area contributed by atoms with Crippen LogP contribution in [0.4, 0.5) is 10.5 Å². The molecule has 2 heterocycles. The van der Waals surface area contributed by atoms with E-state index in [1.807, 2.05) is 39.8 Å². The second-order valence-electron chi connectivity index (χ2n) is 6.48. The number of aromatic nitrogens is 2. The summed E-state index contributed by atoms with van der Waals surface area (Å²) in [6, 6.07) is 3.78. The maximum absolute atomic E-state index is 12.3. The minimum absolute atomic E-state index is 0.429. The Morgan fingerprint density at radius 2 is 2.17 bits per heavy atom. The zero-order valence-corrected chi connectivity index (χ0v) is 13.8. The third-order valence-electron chi connectivity index (χ3n) is 3.49. The van der Waals surface area contributed by atoms with E-state index in [9.17, 15) is 4.79 Å². The van der Waals surface area contributed by atoms with Gasteiger partial charge in [-0.1, -0.05) is 0 Å². The Bertz CT molecular complexity index is 786. The molecule has 0 saturated carbocycles. The third-order valence-corrected chi connectivity index (χ3v) is 3.49. The van der Waals surface area contributed by atoms with E-state index >= 15 is 0 Å². The lowest BCUT2D eigenvalue weighted by Gasteiger charge is -2.19. The van der Waals surface area contributed by atoms with Crippen LogP contribution in [0.5, 0.6) is 0 Å². The van der Waals surface area contributed by atoms with Crippen molar-refractivity contribution in [2.45, 2.75) is 33.3 Å². The quantitative estimate of drug-likeness (QED) is 0.845. The first-order valence-corrected chi connectivity index (χ1v) is 7.60. The monoisotopic (exact) mass is 315 g/mol. The number of imidazole rings is 1. The van der Waals surface area contributed by atoms with Crippen LogP contribution in [-0.2, 0) is 4.74 Å². The highest BCUT2D eigenvalue weighted by molar-refractivity contribution is 5.98. The molecule has 0 spiro atoms. The lowest BCUT2D eigenvalue weighted by Crippen LogP contribution is -2.27. The van der Waals surface area contributed by atoms with E-state index in [1.54, 1.807) is 0 Å². The number of carbonyl (C=O) groups is 1. The number of aliphatic imine (C=N–C) groups is 1. The predicted octanol–water partition coefficient (Wildman–Crippen LogP) is 2.50. The average Bonchev–Trinajstić information content (AvgIpc) is 3.09. The van der Waals surface area contributed by atoms with Crippen molar-refractivity contribution in [2.24, 2.45) is 4.99 Å². The van der Waals surface area contributed by atoms with Gasteiger partial charge in [0.15, 0.2) is 5.96 Å². The number of aryl methyl sites for hydroxylation is 1. The van der Waals surface area contributed by atoms with Gasteiger partial charge in [-0.3, -0.25) is 4.99 Å². The Hall–Kier alpha value is -2.57. The molecule has 1 aromatic carbocycles. The number of hydrogen-bond donors (Lipinski definition) is 2. The first kappa shape index (κ1) is 15.3. The van der Waals surface area contributed by atoms with Crippen molar-refractivity contribution < 1.29 is 9.53 Å². The van der Waals surface area contributed by atoms with E-state index in [-0.39, 0.29) is 0 Å². The molecule has 122 valence electrons. The minimum atomic E-state index is -0.545. The van der Waals surface area contributed by atoms with E-state index in [4.69, 9.17) is 4.74 Å². The highest BCUT2D eigenvalue weighted by Crippen LogP contribution is 2.25. The van der Waals surface area contributed by atoms with Gasteiger partial charge >= 0.3 is 6.09 Å². The largest absolute Gasteiger partial charge is 0.443 e. The standard InChI is InChI=1S/C16H21N5O2/c1-10-11(20-14-17-7-8-18-14)5-6-12-13(10)19-9-21(12)15(22)23-16(2,3)4/h5-6,9H,7-8H2,1-4H3,(H2,17,18,20). The maximum atomic E-state index is 12.3. The predicted molar refractivity (Wildman–Crippen MR) is 90.0 cm³/mol. The van der Waals surface area contributed by atoms with E-state index in [2.05, 4.69) is 20.6 Å². The Kier molecular flexibility index (Phi) is 3.71. The number of guanidine groups is 1. The van der Waals surface area contributed by atoms with Gasteiger partial charge in [0.2, 0.25) is 0 Å².